The van der Waals surface area contributed by atoms with Crippen LogP contribution >= 0.6 is 11.6 Å². The van der Waals surface area contributed by atoms with Gasteiger partial charge in [-0.15, -0.1) is 0 Å². The number of anilines is 1. The highest BCUT2D eigenvalue weighted by molar-refractivity contribution is 6.28. The van der Waals surface area contributed by atoms with Crippen molar-refractivity contribution < 1.29 is 9.53 Å². The largest absolute Gasteiger partial charge is 0.463 e. The standard InChI is InChI=1S/C12H18ClN5O2/c1-2-6-20-12-16-10(13)15-11(17-12)18-5-3-4-8(7-18)9(14)19/h8H,2-7H2,1H3,(H2,14,19). The molecule has 1 unspecified atom stereocenters. The van der Waals surface area contributed by atoms with Crippen LogP contribution in [0.25, 0.3) is 0 Å². The van der Waals surface area contributed by atoms with E-state index in [1.807, 2.05) is 11.8 Å². The van der Waals surface area contributed by atoms with Crippen LogP contribution in [0.3, 0.4) is 0 Å². The van der Waals surface area contributed by atoms with Gasteiger partial charge in [0.05, 0.1) is 12.5 Å². The Balaban J connectivity index is 2.14. The van der Waals surface area contributed by atoms with E-state index in [-0.39, 0.29) is 23.1 Å². The maximum absolute atomic E-state index is 11.3. The average Bonchev–Trinajstić information content (AvgIpc) is 2.44. The highest BCUT2D eigenvalue weighted by atomic mass is 35.5. The maximum atomic E-state index is 11.3. The molecule has 1 aromatic rings. The van der Waals surface area contributed by atoms with Gasteiger partial charge in [0.1, 0.15) is 0 Å². The van der Waals surface area contributed by atoms with Crippen molar-refractivity contribution in [3.8, 4) is 6.01 Å². The first kappa shape index (κ1) is 14.8. The number of ether oxygens (including phenoxy) is 1. The van der Waals surface area contributed by atoms with Gasteiger partial charge in [-0.3, -0.25) is 4.79 Å². The van der Waals surface area contributed by atoms with Crippen molar-refractivity contribution in [3.05, 3.63) is 5.28 Å². The number of nitrogens with two attached hydrogens (primary N) is 1. The molecule has 20 heavy (non-hydrogen) atoms. The van der Waals surface area contributed by atoms with Gasteiger partial charge in [0.25, 0.3) is 0 Å². The second kappa shape index (κ2) is 6.69. The summed E-state index contributed by atoms with van der Waals surface area (Å²) in [4.78, 5) is 25.4. The van der Waals surface area contributed by atoms with Gasteiger partial charge in [-0.25, -0.2) is 0 Å². The normalized spacial score (nSPS) is 18.9. The summed E-state index contributed by atoms with van der Waals surface area (Å²) in [5.74, 6) is -0.0429. The fraction of sp³-hybridized carbons (Fsp3) is 0.667. The van der Waals surface area contributed by atoms with Crippen LogP contribution in [0.4, 0.5) is 5.95 Å². The number of rotatable bonds is 5. The van der Waals surface area contributed by atoms with E-state index in [0.29, 0.717) is 19.1 Å². The Morgan fingerprint density at radius 1 is 1.50 bits per heavy atom. The fourth-order valence-electron chi connectivity index (χ4n) is 2.11. The number of aromatic nitrogens is 3. The van der Waals surface area contributed by atoms with Crippen molar-refractivity contribution in [1.82, 2.24) is 15.0 Å². The Morgan fingerprint density at radius 2 is 2.30 bits per heavy atom. The van der Waals surface area contributed by atoms with Gasteiger partial charge in [0, 0.05) is 13.1 Å². The molecule has 1 aliphatic heterocycles. The summed E-state index contributed by atoms with van der Waals surface area (Å²) >= 11 is 5.89. The van der Waals surface area contributed by atoms with Gasteiger partial charge in [-0.05, 0) is 30.9 Å². The predicted octanol–water partition coefficient (Wildman–Crippen LogP) is 1.02. The van der Waals surface area contributed by atoms with E-state index in [9.17, 15) is 4.79 Å². The van der Waals surface area contributed by atoms with E-state index in [1.165, 1.54) is 0 Å². The zero-order valence-electron chi connectivity index (χ0n) is 11.4. The predicted molar refractivity (Wildman–Crippen MR) is 74.8 cm³/mol. The molecule has 1 aromatic heterocycles. The lowest BCUT2D eigenvalue weighted by molar-refractivity contribution is -0.122. The summed E-state index contributed by atoms with van der Waals surface area (Å²) in [6.45, 7) is 3.77. The molecule has 0 aliphatic carbocycles. The minimum Gasteiger partial charge on any atom is -0.463 e. The maximum Gasteiger partial charge on any atom is 0.322 e. The Labute approximate surface area is 122 Å². The van der Waals surface area contributed by atoms with Crippen LogP contribution in [0.2, 0.25) is 5.28 Å². The van der Waals surface area contributed by atoms with Crippen molar-refractivity contribution in [3.63, 3.8) is 0 Å². The Hall–Kier alpha value is -1.63. The molecule has 0 saturated carbocycles. The highest BCUT2D eigenvalue weighted by Gasteiger charge is 2.26. The van der Waals surface area contributed by atoms with Gasteiger partial charge >= 0.3 is 6.01 Å². The number of amides is 1. The second-order valence-electron chi connectivity index (χ2n) is 4.72. The molecular weight excluding hydrogens is 282 g/mol. The van der Waals surface area contributed by atoms with E-state index in [4.69, 9.17) is 22.1 Å². The topological polar surface area (TPSA) is 94.2 Å². The van der Waals surface area contributed by atoms with E-state index < -0.39 is 0 Å². The van der Waals surface area contributed by atoms with Crippen LogP contribution < -0.4 is 15.4 Å². The van der Waals surface area contributed by atoms with Crippen molar-refractivity contribution in [1.29, 1.82) is 0 Å². The zero-order chi connectivity index (χ0) is 14.5. The monoisotopic (exact) mass is 299 g/mol. The Kier molecular flexibility index (Phi) is 4.94. The van der Waals surface area contributed by atoms with E-state index in [0.717, 1.165) is 25.8 Å². The van der Waals surface area contributed by atoms with E-state index >= 15 is 0 Å². The van der Waals surface area contributed by atoms with Crippen molar-refractivity contribution in [2.24, 2.45) is 11.7 Å². The molecule has 8 heteroatoms. The molecule has 7 nitrogen and oxygen atoms in total. The number of nitrogens with zero attached hydrogens (tertiary/aromatic N) is 4. The fourth-order valence-corrected chi connectivity index (χ4v) is 2.26. The third-order valence-electron chi connectivity index (χ3n) is 3.12. The molecule has 0 bridgehead atoms. The summed E-state index contributed by atoms with van der Waals surface area (Å²) in [7, 11) is 0. The number of halogens is 1. The lowest BCUT2D eigenvalue weighted by atomic mass is 9.98. The smallest absolute Gasteiger partial charge is 0.322 e. The Morgan fingerprint density at radius 3 is 3.00 bits per heavy atom. The van der Waals surface area contributed by atoms with Crippen molar-refractivity contribution in [2.45, 2.75) is 26.2 Å². The molecule has 2 heterocycles. The number of primary amides is 1. The van der Waals surface area contributed by atoms with E-state index in [1.54, 1.807) is 0 Å². The minimum absolute atomic E-state index is 0.0855. The summed E-state index contributed by atoms with van der Waals surface area (Å²) in [6.07, 6.45) is 2.51. The lowest BCUT2D eigenvalue weighted by Crippen LogP contribution is -2.42. The molecule has 2 rings (SSSR count). The van der Waals surface area contributed by atoms with Crippen LogP contribution in [0.1, 0.15) is 26.2 Å². The molecule has 1 saturated heterocycles. The summed E-state index contributed by atoms with van der Waals surface area (Å²) in [5.41, 5.74) is 5.36. The quantitative estimate of drug-likeness (QED) is 0.872. The third-order valence-corrected chi connectivity index (χ3v) is 3.29. The molecule has 2 N–H and O–H groups in total. The number of carbonyl (C=O) groups is 1. The molecular formula is C12H18ClN5O2. The number of carbonyl (C=O) groups excluding carboxylic acids is 1. The molecule has 0 spiro atoms. The van der Waals surface area contributed by atoms with Crippen LogP contribution in [0, 0.1) is 5.92 Å². The minimum atomic E-state index is -0.294. The van der Waals surface area contributed by atoms with Crippen LogP contribution in [-0.2, 0) is 4.79 Å². The van der Waals surface area contributed by atoms with Crippen molar-refractivity contribution >= 4 is 23.5 Å². The lowest BCUT2D eigenvalue weighted by Gasteiger charge is -2.31. The summed E-state index contributed by atoms with van der Waals surface area (Å²) in [6, 6.07) is 0.211. The van der Waals surface area contributed by atoms with Gasteiger partial charge in [0.2, 0.25) is 17.1 Å². The number of hydrogen-bond acceptors (Lipinski definition) is 6. The second-order valence-corrected chi connectivity index (χ2v) is 5.06. The Bertz CT molecular complexity index is 485. The average molecular weight is 300 g/mol. The molecule has 110 valence electrons. The first-order valence-corrected chi connectivity index (χ1v) is 7.06. The first-order valence-electron chi connectivity index (χ1n) is 6.68. The van der Waals surface area contributed by atoms with Crippen molar-refractivity contribution in [2.75, 3.05) is 24.6 Å². The van der Waals surface area contributed by atoms with Gasteiger partial charge in [-0.2, -0.15) is 15.0 Å². The SMILES string of the molecule is CCCOc1nc(Cl)nc(N2CCCC(C(N)=O)C2)n1. The number of hydrogen-bond donors (Lipinski definition) is 1. The summed E-state index contributed by atoms with van der Waals surface area (Å²) < 4.78 is 5.38. The van der Waals surface area contributed by atoms with Gasteiger partial charge in [0.15, 0.2) is 0 Å². The summed E-state index contributed by atoms with van der Waals surface area (Å²) in [5, 5.41) is 0.0855. The molecule has 0 aromatic carbocycles. The number of piperidine rings is 1. The van der Waals surface area contributed by atoms with Crippen LogP contribution in [0.15, 0.2) is 0 Å². The van der Waals surface area contributed by atoms with Crippen LogP contribution in [0.5, 0.6) is 6.01 Å². The zero-order valence-corrected chi connectivity index (χ0v) is 12.1. The molecule has 1 atom stereocenters. The first-order chi connectivity index (χ1) is 9.60. The van der Waals surface area contributed by atoms with E-state index in [2.05, 4.69) is 15.0 Å². The van der Waals surface area contributed by atoms with Gasteiger partial charge < -0.3 is 15.4 Å². The molecule has 1 amide bonds. The third kappa shape index (κ3) is 3.69. The molecule has 1 fully saturated rings. The van der Waals surface area contributed by atoms with Crippen LogP contribution in [-0.4, -0.2) is 40.6 Å². The van der Waals surface area contributed by atoms with Gasteiger partial charge in [-0.1, -0.05) is 6.92 Å². The molecule has 0 radical (unpaired) electrons. The highest BCUT2D eigenvalue weighted by Crippen LogP contribution is 2.22. The molecule has 1 aliphatic rings.